The van der Waals surface area contributed by atoms with Crippen LogP contribution in [0.3, 0.4) is 0 Å². The number of rotatable bonds is 6. The van der Waals surface area contributed by atoms with E-state index in [-0.39, 0.29) is 0 Å². The van der Waals surface area contributed by atoms with Crippen LogP contribution in [0.4, 0.5) is 0 Å². The van der Waals surface area contributed by atoms with Gasteiger partial charge in [0.05, 0.1) is 0 Å². The molecule has 1 N–H and O–H groups in total. The topological polar surface area (TPSA) is 12.0 Å². The summed E-state index contributed by atoms with van der Waals surface area (Å²) in [6.07, 6.45) is 11.1. The van der Waals surface area contributed by atoms with Gasteiger partial charge in [-0.15, -0.1) is 11.6 Å². The lowest BCUT2D eigenvalue weighted by Crippen LogP contribution is -2.29. The van der Waals surface area contributed by atoms with Crippen molar-refractivity contribution in [2.45, 2.75) is 64.3 Å². The fraction of sp³-hybridized carbons (Fsp3) is 1.00. The minimum atomic E-state index is 0.683. The Morgan fingerprint density at radius 2 is 1.87 bits per heavy atom. The Labute approximate surface area is 100.0 Å². The van der Waals surface area contributed by atoms with Gasteiger partial charge in [-0.3, -0.25) is 0 Å². The Morgan fingerprint density at radius 3 is 2.47 bits per heavy atom. The molecule has 0 radical (unpaired) electrons. The molecule has 15 heavy (non-hydrogen) atoms. The van der Waals surface area contributed by atoms with Crippen LogP contribution in [-0.4, -0.2) is 18.5 Å². The van der Waals surface area contributed by atoms with Crippen LogP contribution in [0.15, 0.2) is 0 Å². The molecule has 0 saturated heterocycles. The molecule has 0 aromatic heterocycles. The summed E-state index contributed by atoms with van der Waals surface area (Å²) in [5, 5.41) is 3.70. The van der Waals surface area contributed by atoms with Crippen molar-refractivity contribution in [1.29, 1.82) is 0 Å². The van der Waals surface area contributed by atoms with Gasteiger partial charge in [0.1, 0.15) is 0 Å². The smallest absolute Gasteiger partial charge is 0.0249 e. The molecule has 1 unspecified atom stereocenters. The number of alkyl halides is 1. The van der Waals surface area contributed by atoms with Gasteiger partial charge in [-0.05, 0) is 38.1 Å². The van der Waals surface area contributed by atoms with Crippen molar-refractivity contribution in [3.8, 4) is 0 Å². The van der Waals surface area contributed by atoms with E-state index >= 15 is 0 Å². The summed E-state index contributed by atoms with van der Waals surface area (Å²) in [5.74, 6) is 1.49. The molecule has 0 bridgehead atoms. The standard InChI is InChI=1S/C13H26ClN/c1-12(11-14)7-6-10-15-13-8-4-2-3-5-9-13/h12-13,15H,2-11H2,1H3. The first-order valence-corrected chi connectivity index (χ1v) is 7.15. The van der Waals surface area contributed by atoms with Crippen molar-refractivity contribution in [3.63, 3.8) is 0 Å². The average Bonchev–Trinajstić information content (AvgIpc) is 2.52. The Kier molecular flexibility index (Phi) is 7.46. The fourth-order valence-corrected chi connectivity index (χ4v) is 2.47. The second-order valence-electron chi connectivity index (χ2n) is 5.04. The molecule has 0 aliphatic heterocycles. The monoisotopic (exact) mass is 231 g/mol. The maximum absolute atomic E-state index is 5.78. The maximum Gasteiger partial charge on any atom is 0.0249 e. The molecule has 1 saturated carbocycles. The molecule has 1 aliphatic rings. The summed E-state index contributed by atoms with van der Waals surface area (Å²) in [7, 11) is 0. The van der Waals surface area contributed by atoms with E-state index in [1.54, 1.807) is 0 Å². The van der Waals surface area contributed by atoms with Crippen molar-refractivity contribution < 1.29 is 0 Å². The maximum atomic E-state index is 5.78. The summed E-state index contributed by atoms with van der Waals surface area (Å²) < 4.78 is 0. The van der Waals surface area contributed by atoms with Crippen LogP contribution in [0, 0.1) is 5.92 Å². The van der Waals surface area contributed by atoms with E-state index in [1.165, 1.54) is 57.9 Å². The van der Waals surface area contributed by atoms with Gasteiger partial charge >= 0.3 is 0 Å². The summed E-state index contributed by atoms with van der Waals surface area (Å²) in [6.45, 7) is 3.42. The molecule has 1 aliphatic carbocycles. The second kappa shape index (κ2) is 8.41. The van der Waals surface area contributed by atoms with E-state index in [1.807, 2.05) is 0 Å². The molecular weight excluding hydrogens is 206 g/mol. The van der Waals surface area contributed by atoms with Crippen molar-refractivity contribution >= 4 is 11.6 Å². The van der Waals surface area contributed by atoms with Gasteiger partial charge in [-0.1, -0.05) is 32.6 Å². The summed E-state index contributed by atoms with van der Waals surface area (Å²) in [4.78, 5) is 0. The van der Waals surface area contributed by atoms with E-state index in [9.17, 15) is 0 Å². The first-order chi connectivity index (χ1) is 7.33. The van der Waals surface area contributed by atoms with E-state index < -0.39 is 0 Å². The molecule has 90 valence electrons. The number of halogens is 1. The number of hydrogen-bond acceptors (Lipinski definition) is 1. The highest BCUT2D eigenvalue weighted by atomic mass is 35.5. The van der Waals surface area contributed by atoms with Crippen molar-refractivity contribution in [1.82, 2.24) is 5.32 Å². The van der Waals surface area contributed by atoms with Crippen LogP contribution in [-0.2, 0) is 0 Å². The molecule has 1 rings (SSSR count). The predicted molar refractivity (Wildman–Crippen MR) is 68.6 cm³/mol. The average molecular weight is 232 g/mol. The zero-order valence-electron chi connectivity index (χ0n) is 10.1. The molecular formula is C13H26ClN. The largest absolute Gasteiger partial charge is 0.314 e. The molecule has 0 aromatic carbocycles. The predicted octanol–water partition coefficient (Wildman–Crippen LogP) is 3.95. The van der Waals surface area contributed by atoms with Crippen LogP contribution in [0.5, 0.6) is 0 Å². The van der Waals surface area contributed by atoms with E-state index in [4.69, 9.17) is 11.6 Å². The highest BCUT2D eigenvalue weighted by Crippen LogP contribution is 2.17. The van der Waals surface area contributed by atoms with Crippen molar-refractivity contribution in [2.24, 2.45) is 5.92 Å². The van der Waals surface area contributed by atoms with E-state index in [0.717, 1.165) is 11.9 Å². The summed E-state index contributed by atoms with van der Waals surface area (Å²) in [5.41, 5.74) is 0. The third-order valence-corrected chi connectivity index (χ3v) is 3.95. The Hall–Kier alpha value is 0.250. The lowest BCUT2D eigenvalue weighted by Gasteiger charge is -2.16. The lowest BCUT2D eigenvalue weighted by atomic mass is 10.1. The van der Waals surface area contributed by atoms with Gasteiger partial charge in [-0.25, -0.2) is 0 Å². The minimum Gasteiger partial charge on any atom is -0.314 e. The van der Waals surface area contributed by atoms with Gasteiger partial charge in [0.15, 0.2) is 0 Å². The zero-order chi connectivity index (χ0) is 10.9. The summed E-state index contributed by atoms with van der Waals surface area (Å²) in [6, 6.07) is 0.804. The lowest BCUT2D eigenvalue weighted by molar-refractivity contribution is 0.438. The zero-order valence-corrected chi connectivity index (χ0v) is 10.9. The Bertz CT molecular complexity index is 141. The molecule has 0 spiro atoms. The Balaban J connectivity index is 1.98. The first-order valence-electron chi connectivity index (χ1n) is 6.62. The van der Waals surface area contributed by atoms with Gasteiger partial charge in [0.2, 0.25) is 0 Å². The molecule has 0 amide bonds. The fourth-order valence-electron chi connectivity index (χ4n) is 2.32. The normalized spacial score (nSPS) is 21.2. The molecule has 1 atom stereocenters. The van der Waals surface area contributed by atoms with Gasteiger partial charge in [-0.2, -0.15) is 0 Å². The molecule has 0 aromatic rings. The number of hydrogen-bond donors (Lipinski definition) is 1. The quantitative estimate of drug-likeness (QED) is 0.415. The van der Waals surface area contributed by atoms with Gasteiger partial charge < -0.3 is 5.32 Å². The van der Waals surface area contributed by atoms with Crippen LogP contribution in [0.2, 0.25) is 0 Å². The van der Waals surface area contributed by atoms with Crippen LogP contribution < -0.4 is 5.32 Å². The second-order valence-corrected chi connectivity index (χ2v) is 5.35. The number of nitrogens with one attached hydrogen (secondary N) is 1. The Morgan fingerprint density at radius 1 is 1.20 bits per heavy atom. The molecule has 1 fully saturated rings. The van der Waals surface area contributed by atoms with Gasteiger partial charge in [0, 0.05) is 11.9 Å². The first kappa shape index (κ1) is 13.3. The molecule has 0 heterocycles. The highest BCUT2D eigenvalue weighted by Gasteiger charge is 2.10. The van der Waals surface area contributed by atoms with Gasteiger partial charge in [0.25, 0.3) is 0 Å². The van der Waals surface area contributed by atoms with Crippen LogP contribution in [0.25, 0.3) is 0 Å². The molecule has 2 heteroatoms. The van der Waals surface area contributed by atoms with Crippen molar-refractivity contribution in [3.05, 3.63) is 0 Å². The van der Waals surface area contributed by atoms with E-state index in [0.29, 0.717) is 5.92 Å². The third kappa shape index (κ3) is 6.42. The van der Waals surface area contributed by atoms with Crippen LogP contribution in [0.1, 0.15) is 58.3 Å². The third-order valence-electron chi connectivity index (χ3n) is 3.43. The van der Waals surface area contributed by atoms with E-state index in [2.05, 4.69) is 12.2 Å². The SMILES string of the molecule is CC(CCl)CCCNC1CCCCCC1. The van der Waals surface area contributed by atoms with Crippen LogP contribution >= 0.6 is 11.6 Å². The minimum absolute atomic E-state index is 0.683. The summed E-state index contributed by atoms with van der Waals surface area (Å²) >= 11 is 5.78. The van der Waals surface area contributed by atoms with Crippen molar-refractivity contribution in [2.75, 3.05) is 12.4 Å². The highest BCUT2D eigenvalue weighted by molar-refractivity contribution is 6.18. The molecule has 1 nitrogen and oxygen atoms in total.